The molecule has 26 heavy (non-hydrogen) atoms. The van der Waals surface area contributed by atoms with Gasteiger partial charge in [-0.25, -0.2) is 5.57 Å². The Kier molecular flexibility index (Phi) is 10.8. The zero-order valence-electron chi connectivity index (χ0n) is 16.0. The zero-order valence-corrected chi connectivity index (χ0v) is 22.8. The van der Waals surface area contributed by atoms with E-state index in [1.807, 2.05) is 6.07 Å². The quantitative estimate of drug-likeness (QED) is 0.242. The summed E-state index contributed by atoms with van der Waals surface area (Å²) in [5, 5.41) is 0. The minimum atomic E-state index is 0. The van der Waals surface area contributed by atoms with Crippen LogP contribution in [0, 0.1) is 17.6 Å². The molecule has 0 saturated carbocycles. The van der Waals surface area contributed by atoms with Crippen LogP contribution in [0.5, 0.6) is 0 Å². The van der Waals surface area contributed by atoms with E-state index in [-0.39, 0.29) is 79.6 Å². The first-order valence-corrected chi connectivity index (χ1v) is 8.28. The summed E-state index contributed by atoms with van der Waals surface area (Å²) in [5.41, 5.74) is 9.90. The number of benzene rings is 2. The maximum absolute atomic E-state index is 3.44. The fourth-order valence-corrected chi connectivity index (χ4v) is 3.40. The van der Waals surface area contributed by atoms with Crippen LogP contribution in [-0.2, 0) is 32.6 Å². The topological polar surface area (TPSA) is 0 Å². The van der Waals surface area contributed by atoms with Crippen molar-refractivity contribution in [1.29, 1.82) is 0 Å². The predicted molar refractivity (Wildman–Crippen MR) is 98.1 cm³/mol. The molecule has 3 heteroatoms. The maximum Gasteiger partial charge on any atom is 4.00 e. The van der Waals surface area contributed by atoms with Gasteiger partial charge in [0.2, 0.25) is 0 Å². The van der Waals surface area contributed by atoms with Gasteiger partial charge in [-0.1, -0.05) is 68.5 Å². The Balaban J connectivity index is 0.000000445. The summed E-state index contributed by atoms with van der Waals surface area (Å²) in [4.78, 5) is 0. The molecule has 0 N–H and O–H groups in total. The Bertz CT molecular complexity index is 773. The third-order valence-corrected chi connectivity index (χ3v) is 5.18. The Morgan fingerprint density at radius 3 is 2.04 bits per heavy atom. The van der Waals surface area contributed by atoms with E-state index in [0.29, 0.717) is 0 Å². The van der Waals surface area contributed by atoms with Gasteiger partial charge in [-0.2, -0.15) is 41.0 Å². The number of rotatable bonds is 0. The van der Waals surface area contributed by atoms with Gasteiger partial charge < -0.3 is 48.0 Å². The molecule has 0 amide bonds. The van der Waals surface area contributed by atoms with Crippen LogP contribution in [0.3, 0.4) is 0 Å². The van der Waals surface area contributed by atoms with Gasteiger partial charge in [0.05, 0.1) is 0 Å². The fraction of sp³-hybridized carbons (Fsp3) is 0.304. The molecule has 0 radical (unpaired) electrons. The van der Waals surface area contributed by atoms with Crippen LogP contribution in [0.15, 0.2) is 59.2 Å². The van der Waals surface area contributed by atoms with Crippen molar-refractivity contribution in [1.82, 2.24) is 0 Å². The van der Waals surface area contributed by atoms with Crippen molar-refractivity contribution in [3.8, 4) is 11.1 Å². The van der Waals surface area contributed by atoms with Crippen molar-refractivity contribution in [3.05, 3.63) is 82.5 Å². The van der Waals surface area contributed by atoms with E-state index in [1.165, 1.54) is 39.0 Å². The largest absolute Gasteiger partial charge is 4.00 e. The summed E-state index contributed by atoms with van der Waals surface area (Å²) < 4.78 is 0. The smallest absolute Gasteiger partial charge is 1.00 e. The van der Waals surface area contributed by atoms with E-state index in [2.05, 4.69) is 83.2 Å². The van der Waals surface area contributed by atoms with Crippen molar-refractivity contribution < 1.29 is 74.2 Å². The molecular weight excluding hydrogens is 621 g/mol. The number of hydrogen-bond donors (Lipinski definition) is 0. The second-order valence-electron chi connectivity index (χ2n) is 7.02. The average Bonchev–Trinajstić information content (AvgIpc) is 2.99. The molecule has 0 unspecified atom stereocenters. The molecule has 0 aromatic heterocycles. The molecule has 0 heterocycles. The van der Waals surface area contributed by atoms with E-state index in [0.717, 1.165) is 6.42 Å². The monoisotopic (exact) mass is 644 g/mol. The van der Waals surface area contributed by atoms with Crippen LogP contribution in [0.25, 0.3) is 11.1 Å². The third-order valence-electron chi connectivity index (χ3n) is 5.18. The van der Waals surface area contributed by atoms with Crippen molar-refractivity contribution >= 4 is 0 Å². The van der Waals surface area contributed by atoms with Crippen LogP contribution in [0.4, 0.5) is 0 Å². The molecular formula is C23H24I2Zr. The van der Waals surface area contributed by atoms with Gasteiger partial charge in [0.1, 0.15) is 0 Å². The second kappa shape index (κ2) is 10.7. The first-order valence-electron chi connectivity index (χ1n) is 8.28. The van der Waals surface area contributed by atoms with Crippen molar-refractivity contribution in [2.24, 2.45) is 5.41 Å². The van der Waals surface area contributed by atoms with Gasteiger partial charge in [-0.3, -0.25) is 6.08 Å². The summed E-state index contributed by atoms with van der Waals surface area (Å²) in [5.74, 6) is 0. The summed E-state index contributed by atoms with van der Waals surface area (Å²) >= 11 is 0. The normalized spacial score (nSPS) is 15.2. The van der Waals surface area contributed by atoms with E-state index < -0.39 is 0 Å². The Labute approximate surface area is 212 Å². The standard InChI is InChI=1S/C13H9.C10H15.2HI.Zr/c1-3-7-12-10(5-1)9-11-6-2-4-8-13(11)12;1-7-6-10(4,5)9(3)8(7)2;;;/h1-5,7-8H,9H2;1-5H3;2*1H;/q2*-1;;;+4/p-2. The average molecular weight is 645 g/mol. The van der Waals surface area contributed by atoms with Gasteiger partial charge in [0, 0.05) is 0 Å². The number of hydrogen-bond acceptors (Lipinski definition) is 0. The molecule has 0 nitrogen and oxygen atoms in total. The van der Waals surface area contributed by atoms with Crippen molar-refractivity contribution in [2.75, 3.05) is 0 Å². The summed E-state index contributed by atoms with van der Waals surface area (Å²) in [7, 11) is 0. The van der Waals surface area contributed by atoms with Gasteiger partial charge >= 0.3 is 26.2 Å². The van der Waals surface area contributed by atoms with E-state index in [9.17, 15) is 0 Å². The minimum absolute atomic E-state index is 0. The van der Waals surface area contributed by atoms with Gasteiger partial charge in [-0.15, -0.1) is 12.5 Å². The molecule has 0 bridgehead atoms. The minimum Gasteiger partial charge on any atom is -1.00 e. The van der Waals surface area contributed by atoms with E-state index >= 15 is 0 Å². The SMILES string of the molecule is CC1=[C-]C(C)(C)C(C)=C1C.[I-].[I-].[Zr+4].[c-]1cccc2c1Cc1ccccc1-2. The summed E-state index contributed by atoms with van der Waals surface area (Å²) in [6.07, 6.45) is 4.48. The molecule has 0 fully saturated rings. The molecule has 2 aliphatic carbocycles. The molecule has 4 rings (SSSR count). The molecule has 2 aromatic carbocycles. The predicted octanol–water partition coefficient (Wildman–Crippen LogP) is 0.176. The zero-order chi connectivity index (χ0) is 16.6. The molecule has 2 aliphatic rings. The summed E-state index contributed by atoms with van der Waals surface area (Å²) in [6, 6.07) is 18.1. The fourth-order valence-electron chi connectivity index (χ4n) is 3.40. The summed E-state index contributed by atoms with van der Waals surface area (Å²) in [6.45, 7) is 10.9. The number of halogens is 2. The molecule has 134 valence electrons. The molecule has 0 aliphatic heterocycles. The number of fused-ring (bicyclic) bond motifs is 3. The first-order chi connectivity index (χ1) is 10.9. The van der Waals surface area contributed by atoms with Crippen LogP contribution >= 0.6 is 0 Å². The molecule has 0 saturated heterocycles. The van der Waals surface area contributed by atoms with E-state index in [1.54, 1.807) is 0 Å². The Hall–Kier alpha value is 0.263. The Morgan fingerprint density at radius 2 is 1.50 bits per heavy atom. The molecule has 0 atom stereocenters. The van der Waals surface area contributed by atoms with Gasteiger partial charge in [-0.05, 0) is 6.42 Å². The first kappa shape index (κ1) is 26.3. The van der Waals surface area contributed by atoms with Gasteiger partial charge in [0.15, 0.2) is 0 Å². The number of allylic oxidation sites excluding steroid dienone is 4. The van der Waals surface area contributed by atoms with Gasteiger partial charge in [0.25, 0.3) is 0 Å². The maximum atomic E-state index is 3.44. The van der Waals surface area contributed by atoms with E-state index in [4.69, 9.17) is 0 Å². The Morgan fingerprint density at radius 1 is 0.885 bits per heavy atom. The van der Waals surface area contributed by atoms with Crippen LogP contribution in [0.1, 0.15) is 45.7 Å². The molecule has 2 aromatic rings. The van der Waals surface area contributed by atoms with Crippen LogP contribution in [-0.4, -0.2) is 0 Å². The van der Waals surface area contributed by atoms with Crippen LogP contribution < -0.4 is 48.0 Å². The van der Waals surface area contributed by atoms with Crippen molar-refractivity contribution in [2.45, 2.75) is 41.0 Å². The molecule has 0 spiro atoms. The third kappa shape index (κ3) is 5.41. The second-order valence-corrected chi connectivity index (χ2v) is 7.02. The van der Waals surface area contributed by atoms with Crippen molar-refractivity contribution in [3.63, 3.8) is 0 Å². The van der Waals surface area contributed by atoms with Crippen LogP contribution in [0.2, 0.25) is 0 Å².